The van der Waals surface area contributed by atoms with Crippen molar-refractivity contribution in [2.45, 2.75) is 31.0 Å². The molecule has 0 bridgehead atoms. The molecule has 0 radical (unpaired) electrons. The van der Waals surface area contributed by atoms with E-state index in [1.165, 1.54) is 6.07 Å². The zero-order valence-corrected chi connectivity index (χ0v) is 13.8. The number of nitrogens with two attached hydrogens (primary N) is 1. The van der Waals surface area contributed by atoms with Gasteiger partial charge in [-0.25, -0.2) is 8.42 Å². The predicted molar refractivity (Wildman–Crippen MR) is 75.0 cm³/mol. The molecule has 0 aliphatic heterocycles. The van der Waals surface area contributed by atoms with Gasteiger partial charge in [0.05, 0.1) is 3.79 Å². The average Bonchev–Trinajstić information content (AvgIpc) is 2.69. The quantitative estimate of drug-likeness (QED) is 0.806. The standard InChI is InChI=1S/C10H14BrF3N2O2S2/c1-2-3-16(6-10(12,13)14)20(17,18)8-4-7(5-15)19-9(8)11/h4H,2-3,5-6,15H2,1H3. The van der Waals surface area contributed by atoms with Crippen LogP contribution in [-0.2, 0) is 16.6 Å². The fourth-order valence-electron chi connectivity index (χ4n) is 1.55. The van der Waals surface area contributed by atoms with E-state index in [9.17, 15) is 21.6 Å². The van der Waals surface area contributed by atoms with Gasteiger partial charge >= 0.3 is 6.18 Å². The fraction of sp³-hybridized carbons (Fsp3) is 0.600. The van der Waals surface area contributed by atoms with E-state index in [0.29, 0.717) is 15.6 Å². The first-order chi connectivity index (χ1) is 9.11. The molecule has 2 N–H and O–H groups in total. The van der Waals surface area contributed by atoms with Crippen LogP contribution in [0.3, 0.4) is 0 Å². The number of hydrogen-bond acceptors (Lipinski definition) is 4. The first-order valence-electron chi connectivity index (χ1n) is 5.67. The Kier molecular flexibility index (Phi) is 6.02. The summed E-state index contributed by atoms with van der Waals surface area (Å²) in [6.45, 7) is 0.0597. The van der Waals surface area contributed by atoms with E-state index in [1.807, 2.05) is 0 Å². The zero-order chi connectivity index (χ0) is 15.6. The van der Waals surface area contributed by atoms with Gasteiger partial charge in [0, 0.05) is 18.0 Å². The smallest absolute Gasteiger partial charge is 0.326 e. The van der Waals surface area contributed by atoms with E-state index in [0.717, 1.165) is 11.3 Å². The molecule has 1 aromatic rings. The van der Waals surface area contributed by atoms with Crippen LogP contribution in [0, 0.1) is 0 Å². The third kappa shape index (κ3) is 4.42. The summed E-state index contributed by atoms with van der Waals surface area (Å²) >= 11 is 4.17. The summed E-state index contributed by atoms with van der Waals surface area (Å²) in [6, 6.07) is 1.31. The maximum atomic E-state index is 12.5. The van der Waals surface area contributed by atoms with Gasteiger partial charge in [0.15, 0.2) is 0 Å². The van der Waals surface area contributed by atoms with Crippen molar-refractivity contribution in [3.8, 4) is 0 Å². The fourth-order valence-corrected chi connectivity index (χ4v) is 5.58. The number of halogens is 4. The molecule has 20 heavy (non-hydrogen) atoms. The van der Waals surface area contributed by atoms with E-state index in [-0.39, 0.29) is 21.8 Å². The van der Waals surface area contributed by atoms with Crippen LogP contribution in [0.5, 0.6) is 0 Å². The molecule has 0 aliphatic rings. The minimum atomic E-state index is -4.58. The van der Waals surface area contributed by atoms with Crippen molar-refractivity contribution in [3.05, 3.63) is 14.7 Å². The molecular formula is C10H14BrF3N2O2S2. The Balaban J connectivity index is 3.18. The number of alkyl halides is 3. The lowest BCUT2D eigenvalue weighted by atomic mass is 10.5. The van der Waals surface area contributed by atoms with Crippen molar-refractivity contribution < 1.29 is 21.6 Å². The van der Waals surface area contributed by atoms with Crippen molar-refractivity contribution in [1.29, 1.82) is 0 Å². The predicted octanol–water partition coefficient (Wildman–Crippen LogP) is 2.93. The van der Waals surface area contributed by atoms with Crippen LogP contribution < -0.4 is 5.73 Å². The Hall–Kier alpha value is -0.160. The Labute approximate surface area is 127 Å². The van der Waals surface area contributed by atoms with E-state index >= 15 is 0 Å². The Bertz CT molecular complexity index is 557. The third-order valence-electron chi connectivity index (χ3n) is 2.35. The summed E-state index contributed by atoms with van der Waals surface area (Å²) < 4.78 is 62.9. The van der Waals surface area contributed by atoms with Crippen LogP contribution in [0.4, 0.5) is 13.2 Å². The van der Waals surface area contributed by atoms with Crippen molar-refractivity contribution >= 4 is 37.3 Å². The van der Waals surface area contributed by atoms with E-state index in [2.05, 4.69) is 15.9 Å². The molecule has 0 fully saturated rings. The molecule has 0 saturated carbocycles. The molecule has 1 heterocycles. The van der Waals surface area contributed by atoms with E-state index < -0.39 is 22.7 Å². The number of hydrogen-bond donors (Lipinski definition) is 1. The van der Waals surface area contributed by atoms with Crippen LogP contribution in [0.1, 0.15) is 18.2 Å². The third-order valence-corrected chi connectivity index (χ3v) is 6.47. The molecule has 1 aromatic heterocycles. The lowest BCUT2D eigenvalue weighted by Gasteiger charge is -2.22. The van der Waals surface area contributed by atoms with Crippen LogP contribution in [0.15, 0.2) is 14.7 Å². The van der Waals surface area contributed by atoms with Crippen molar-refractivity contribution in [1.82, 2.24) is 4.31 Å². The van der Waals surface area contributed by atoms with Gasteiger partial charge in [-0.05, 0) is 28.4 Å². The largest absolute Gasteiger partial charge is 0.402 e. The van der Waals surface area contributed by atoms with Gasteiger partial charge < -0.3 is 5.73 Å². The number of thiophene rings is 1. The number of nitrogens with zero attached hydrogens (tertiary/aromatic N) is 1. The SMILES string of the molecule is CCCN(CC(F)(F)F)S(=O)(=O)c1cc(CN)sc1Br. The maximum Gasteiger partial charge on any atom is 0.402 e. The highest BCUT2D eigenvalue weighted by molar-refractivity contribution is 9.11. The molecule has 0 unspecified atom stereocenters. The number of rotatable bonds is 6. The van der Waals surface area contributed by atoms with Gasteiger partial charge in [-0.3, -0.25) is 0 Å². The summed E-state index contributed by atoms with van der Waals surface area (Å²) in [5, 5.41) is 0. The molecule has 0 spiro atoms. The normalized spacial score (nSPS) is 13.2. The molecule has 4 nitrogen and oxygen atoms in total. The van der Waals surface area contributed by atoms with Crippen molar-refractivity contribution in [3.63, 3.8) is 0 Å². The van der Waals surface area contributed by atoms with Crippen LogP contribution in [0.25, 0.3) is 0 Å². The van der Waals surface area contributed by atoms with Crippen LogP contribution >= 0.6 is 27.3 Å². The molecule has 0 aliphatic carbocycles. The molecular weight excluding hydrogens is 381 g/mol. The van der Waals surface area contributed by atoms with E-state index in [4.69, 9.17) is 5.73 Å². The zero-order valence-electron chi connectivity index (χ0n) is 10.6. The van der Waals surface area contributed by atoms with Gasteiger partial charge in [0.25, 0.3) is 0 Å². The van der Waals surface area contributed by atoms with Crippen molar-refractivity contribution in [2.75, 3.05) is 13.1 Å². The molecule has 0 atom stereocenters. The summed E-state index contributed by atoms with van der Waals surface area (Å²) in [5.41, 5.74) is 5.41. The minimum absolute atomic E-state index is 0.131. The van der Waals surface area contributed by atoms with Gasteiger partial charge in [-0.2, -0.15) is 17.5 Å². The first kappa shape index (κ1) is 17.9. The summed E-state index contributed by atoms with van der Waals surface area (Å²) in [5.74, 6) is 0. The van der Waals surface area contributed by atoms with Gasteiger partial charge in [-0.1, -0.05) is 6.92 Å². The van der Waals surface area contributed by atoms with Gasteiger partial charge in [-0.15, -0.1) is 11.3 Å². The molecule has 1 rings (SSSR count). The summed E-state index contributed by atoms with van der Waals surface area (Å²) in [4.78, 5) is 0.416. The molecule has 0 aromatic carbocycles. The Morgan fingerprint density at radius 1 is 1.45 bits per heavy atom. The molecule has 116 valence electrons. The average molecular weight is 395 g/mol. The lowest BCUT2D eigenvalue weighted by molar-refractivity contribution is -0.136. The molecule has 0 amide bonds. The highest BCUT2D eigenvalue weighted by atomic mass is 79.9. The molecule has 10 heteroatoms. The second-order valence-electron chi connectivity index (χ2n) is 4.01. The second kappa shape index (κ2) is 6.73. The Morgan fingerprint density at radius 2 is 2.05 bits per heavy atom. The van der Waals surface area contributed by atoms with E-state index in [1.54, 1.807) is 6.92 Å². The van der Waals surface area contributed by atoms with Crippen LogP contribution in [-0.4, -0.2) is 32.0 Å². The van der Waals surface area contributed by atoms with Crippen LogP contribution in [0.2, 0.25) is 0 Å². The monoisotopic (exact) mass is 394 g/mol. The highest BCUT2D eigenvalue weighted by Crippen LogP contribution is 2.34. The second-order valence-corrected chi connectivity index (χ2v) is 8.37. The Morgan fingerprint density at radius 3 is 2.45 bits per heavy atom. The highest BCUT2D eigenvalue weighted by Gasteiger charge is 2.37. The minimum Gasteiger partial charge on any atom is -0.326 e. The van der Waals surface area contributed by atoms with Gasteiger partial charge in [0.1, 0.15) is 11.4 Å². The summed E-state index contributed by atoms with van der Waals surface area (Å²) in [7, 11) is -4.20. The van der Waals surface area contributed by atoms with Gasteiger partial charge in [0.2, 0.25) is 10.0 Å². The lowest BCUT2D eigenvalue weighted by Crippen LogP contribution is -2.39. The topological polar surface area (TPSA) is 63.4 Å². The maximum absolute atomic E-state index is 12.5. The number of sulfonamides is 1. The molecule has 0 saturated heterocycles. The summed E-state index contributed by atoms with van der Waals surface area (Å²) in [6.07, 6.45) is -4.29. The van der Waals surface area contributed by atoms with Crippen molar-refractivity contribution in [2.24, 2.45) is 5.73 Å². The first-order valence-corrected chi connectivity index (χ1v) is 8.72.